The summed E-state index contributed by atoms with van der Waals surface area (Å²) in [5, 5.41) is 6.10. The number of hydrogen-bond acceptors (Lipinski definition) is 4. The number of carbonyl (C=O) groups excluding carboxylic acids is 1. The van der Waals surface area contributed by atoms with Crippen LogP contribution in [-0.2, 0) is 9.53 Å². The van der Waals surface area contributed by atoms with E-state index >= 15 is 0 Å². The molecule has 0 saturated carbocycles. The summed E-state index contributed by atoms with van der Waals surface area (Å²) >= 11 is 0. The van der Waals surface area contributed by atoms with E-state index in [1.807, 2.05) is 13.8 Å². The Morgan fingerprint density at radius 2 is 2.36 bits per heavy atom. The molecule has 1 rings (SSSR count). The maximum absolute atomic E-state index is 11.1. The van der Waals surface area contributed by atoms with E-state index in [1.54, 1.807) is 0 Å². The van der Waals surface area contributed by atoms with Crippen LogP contribution in [-0.4, -0.2) is 31.3 Å². The lowest BCUT2D eigenvalue weighted by Gasteiger charge is -2.12. The van der Waals surface area contributed by atoms with Crippen LogP contribution in [0.4, 0.5) is 0 Å². The van der Waals surface area contributed by atoms with Crippen molar-refractivity contribution >= 4 is 5.97 Å². The maximum atomic E-state index is 11.1. The summed E-state index contributed by atoms with van der Waals surface area (Å²) in [7, 11) is 0. The number of ether oxygens (including phenoxy) is 1. The highest BCUT2D eigenvalue weighted by Crippen LogP contribution is 2.00. The predicted octanol–water partition coefficient (Wildman–Crippen LogP) is -0.543. The molecule has 0 aromatic heterocycles. The number of esters is 1. The highest BCUT2D eigenvalue weighted by Gasteiger charge is 2.29. The van der Waals surface area contributed by atoms with E-state index in [-0.39, 0.29) is 18.1 Å². The van der Waals surface area contributed by atoms with Crippen molar-refractivity contribution < 1.29 is 9.53 Å². The van der Waals surface area contributed by atoms with Gasteiger partial charge in [0, 0.05) is 12.7 Å². The molecule has 0 aromatic carbocycles. The van der Waals surface area contributed by atoms with E-state index in [4.69, 9.17) is 4.74 Å². The molecular formula is C7H14N2O2. The third-order valence-corrected chi connectivity index (χ3v) is 1.79. The smallest absolute Gasteiger partial charge is 0.324 e. The Hall–Kier alpha value is -0.610. The summed E-state index contributed by atoms with van der Waals surface area (Å²) in [6, 6.07) is 0.00370. The van der Waals surface area contributed by atoms with E-state index in [2.05, 4.69) is 10.6 Å². The van der Waals surface area contributed by atoms with Crippen LogP contribution >= 0.6 is 0 Å². The van der Waals surface area contributed by atoms with Gasteiger partial charge in [0.05, 0.1) is 6.61 Å². The van der Waals surface area contributed by atoms with Crippen molar-refractivity contribution in [3.8, 4) is 0 Å². The van der Waals surface area contributed by atoms with Crippen molar-refractivity contribution in [1.82, 2.24) is 10.6 Å². The molecule has 4 nitrogen and oxygen atoms in total. The molecule has 0 amide bonds. The Balaban J connectivity index is 2.39. The van der Waals surface area contributed by atoms with Crippen LogP contribution in [0.5, 0.6) is 0 Å². The van der Waals surface area contributed by atoms with E-state index in [0.29, 0.717) is 13.3 Å². The lowest BCUT2D eigenvalue weighted by molar-refractivity contribution is -0.145. The number of hydrogen-bond donors (Lipinski definition) is 2. The van der Waals surface area contributed by atoms with Crippen LogP contribution in [0.1, 0.15) is 13.8 Å². The summed E-state index contributed by atoms with van der Waals surface area (Å²) in [5.41, 5.74) is 0. The SMILES string of the molecule is CCOC(=O)C1NCNC1C. The molecule has 0 aromatic rings. The number of nitrogens with one attached hydrogen (secondary N) is 2. The lowest BCUT2D eigenvalue weighted by Crippen LogP contribution is -2.39. The minimum Gasteiger partial charge on any atom is -0.465 e. The lowest BCUT2D eigenvalue weighted by atomic mass is 10.2. The van der Waals surface area contributed by atoms with E-state index in [1.165, 1.54) is 0 Å². The van der Waals surface area contributed by atoms with Gasteiger partial charge in [-0.15, -0.1) is 0 Å². The average molecular weight is 158 g/mol. The summed E-state index contributed by atoms with van der Waals surface area (Å²) < 4.78 is 4.85. The van der Waals surface area contributed by atoms with Gasteiger partial charge in [0.2, 0.25) is 0 Å². The standard InChI is InChI=1S/C7H14N2O2/c1-3-11-7(10)6-5(2)8-4-9-6/h5-6,8-9H,3-4H2,1-2H3. The van der Waals surface area contributed by atoms with Crippen molar-refractivity contribution in [3.63, 3.8) is 0 Å². The molecule has 1 aliphatic rings. The van der Waals surface area contributed by atoms with E-state index in [0.717, 1.165) is 0 Å². The molecule has 4 heteroatoms. The van der Waals surface area contributed by atoms with Crippen LogP contribution < -0.4 is 10.6 Å². The molecule has 0 radical (unpaired) electrons. The first kappa shape index (κ1) is 8.49. The molecule has 2 unspecified atom stereocenters. The van der Waals surface area contributed by atoms with Gasteiger partial charge >= 0.3 is 5.97 Å². The van der Waals surface area contributed by atoms with Crippen LogP contribution in [0.3, 0.4) is 0 Å². The minimum atomic E-state index is -0.171. The first-order valence-corrected chi connectivity index (χ1v) is 3.89. The fourth-order valence-electron chi connectivity index (χ4n) is 1.14. The van der Waals surface area contributed by atoms with Crippen LogP contribution in [0.15, 0.2) is 0 Å². The van der Waals surface area contributed by atoms with Crippen molar-refractivity contribution in [2.75, 3.05) is 13.3 Å². The Kier molecular flexibility index (Phi) is 2.84. The summed E-state index contributed by atoms with van der Waals surface area (Å²) in [6.45, 7) is 4.90. The molecule has 0 aliphatic carbocycles. The second-order valence-electron chi connectivity index (χ2n) is 2.60. The van der Waals surface area contributed by atoms with E-state index < -0.39 is 0 Å². The zero-order valence-corrected chi connectivity index (χ0v) is 6.89. The molecule has 0 spiro atoms. The van der Waals surface area contributed by atoms with Gasteiger partial charge in [-0.05, 0) is 13.8 Å². The Bertz CT molecular complexity index is 149. The summed E-state index contributed by atoms with van der Waals surface area (Å²) in [4.78, 5) is 11.1. The molecule has 1 fully saturated rings. The molecule has 11 heavy (non-hydrogen) atoms. The van der Waals surface area contributed by atoms with Gasteiger partial charge in [-0.3, -0.25) is 15.4 Å². The maximum Gasteiger partial charge on any atom is 0.324 e. The Labute approximate surface area is 66.3 Å². The topological polar surface area (TPSA) is 50.4 Å². The van der Waals surface area contributed by atoms with Crippen LogP contribution in [0.25, 0.3) is 0 Å². The molecular weight excluding hydrogens is 144 g/mol. The minimum absolute atomic E-state index is 0.162. The molecule has 2 atom stereocenters. The second kappa shape index (κ2) is 3.69. The van der Waals surface area contributed by atoms with Gasteiger partial charge < -0.3 is 4.74 Å². The predicted molar refractivity (Wildman–Crippen MR) is 41.0 cm³/mol. The van der Waals surface area contributed by atoms with Crippen molar-refractivity contribution in [1.29, 1.82) is 0 Å². The van der Waals surface area contributed by atoms with Crippen molar-refractivity contribution in [3.05, 3.63) is 0 Å². The molecule has 1 saturated heterocycles. The zero-order valence-electron chi connectivity index (χ0n) is 6.89. The molecule has 0 bridgehead atoms. The highest BCUT2D eigenvalue weighted by atomic mass is 16.5. The highest BCUT2D eigenvalue weighted by molar-refractivity contribution is 5.77. The van der Waals surface area contributed by atoms with Crippen LogP contribution in [0, 0.1) is 0 Å². The van der Waals surface area contributed by atoms with Gasteiger partial charge in [-0.2, -0.15) is 0 Å². The normalized spacial score (nSPS) is 30.4. The second-order valence-corrected chi connectivity index (χ2v) is 2.60. The third-order valence-electron chi connectivity index (χ3n) is 1.79. The van der Waals surface area contributed by atoms with Gasteiger partial charge in [-0.1, -0.05) is 0 Å². The quantitative estimate of drug-likeness (QED) is 0.530. The monoisotopic (exact) mass is 158 g/mol. The molecule has 1 aliphatic heterocycles. The van der Waals surface area contributed by atoms with Gasteiger partial charge in [0.25, 0.3) is 0 Å². The fourth-order valence-corrected chi connectivity index (χ4v) is 1.14. The molecule has 2 N–H and O–H groups in total. The molecule has 1 heterocycles. The van der Waals surface area contributed by atoms with Gasteiger partial charge in [0.1, 0.15) is 6.04 Å². The van der Waals surface area contributed by atoms with Gasteiger partial charge in [-0.25, -0.2) is 0 Å². The number of carbonyl (C=O) groups is 1. The Morgan fingerprint density at radius 3 is 2.82 bits per heavy atom. The summed E-state index contributed by atoms with van der Waals surface area (Å²) in [5.74, 6) is -0.162. The fraction of sp³-hybridized carbons (Fsp3) is 0.857. The van der Waals surface area contributed by atoms with Crippen molar-refractivity contribution in [2.24, 2.45) is 0 Å². The first-order valence-electron chi connectivity index (χ1n) is 3.89. The van der Waals surface area contributed by atoms with E-state index in [9.17, 15) is 4.79 Å². The summed E-state index contributed by atoms with van der Waals surface area (Å²) in [6.07, 6.45) is 0. The average Bonchev–Trinajstić information content (AvgIpc) is 2.36. The largest absolute Gasteiger partial charge is 0.465 e. The van der Waals surface area contributed by atoms with Gasteiger partial charge in [0.15, 0.2) is 0 Å². The zero-order chi connectivity index (χ0) is 8.27. The third kappa shape index (κ3) is 1.91. The first-order chi connectivity index (χ1) is 5.25. The molecule has 64 valence electrons. The Morgan fingerprint density at radius 1 is 1.64 bits per heavy atom. The van der Waals surface area contributed by atoms with Crippen LogP contribution in [0.2, 0.25) is 0 Å². The van der Waals surface area contributed by atoms with Crippen molar-refractivity contribution in [2.45, 2.75) is 25.9 Å². The number of rotatable bonds is 2.